The van der Waals surface area contributed by atoms with Crippen molar-refractivity contribution in [2.45, 2.75) is 71.6 Å². The van der Waals surface area contributed by atoms with Gasteiger partial charge in [0.1, 0.15) is 0 Å². The first-order valence-corrected chi connectivity index (χ1v) is 19.8. The first-order valence-electron chi connectivity index (χ1n) is 7.24. The van der Waals surface area contributed by atoms with E-state index in [1.807, 2.05) is 0 Å². The van der Waals surface area contributed by atoms with Crippen molar-refractivity contribution in [3.8, 4) is 0 Å². The van der Waals surface area contributed by atoms with Crippen LogP contribution in [-0.2, 0) is 31.9 Å². The van der Waals surface area contributed by atoms with E-state index >= 15 is 0 Å². The van der Waals surface area contributed by atoms with E-state index in [9.17, 15) is 0 Å². The normalized spacial score (nSPS) is 9.00. The molecule has 0 heterocycles. The van der Waals surface area contributed by atoms with Crippen LogP contribution >= 0.6 is 0 Å². The van der Waals surface area contributed by atoms with Gasteiger partial charge in [0.05, 0.1) is 0 Å². The fourth-order valence-electron chi connectivity index (χ4n) is 2.12. The first-order chi connectivity index (χ1) is 6.69. The summed E-state index contributed by atoms with van der Waals surface area (Å²) in [6.45, 7) is 14.1. The Bertz CT molecular complexity index is 63.3. The van der Waals surface area contributed by atoms with Crippen LogP contribution in [0.4, 0.5) is 0 Å². The van der Waals surface area contributed by atoms with Crippen LogP contribution in [0.25, 0.3) is 0 Å². The second-order valence-corrected chi connectivity index (χ2v) is 26.6. The summed E-state index contributed by atoms with van der Waals surface area (Å²) in [4.78, 5) is 0. The minimum absolute atomic E-state index is 0.750. The third-order valence-corrected chi connectivity index (χ3v) is 22.0. The van der Waals surface area contributed by atoms with Crippen LogP contribution in [-0.4, -0.2) is 0 Å². The molecule has 0 saturated heterocycles. The van der Waals surface area contributed by atoms with Crippen molar-refractivity contribution in [2.24, 2.45) is 0 Å². The molecule has 2 heteroatoms. The van der Waals surface area contributed by atoms with Gasteiger partial charge in [-0.2, -0.15) is 0 Å². The summed E-state index contributed by atoms with van der Waals surface area (Å²) in [6.07, 6.45) is 0. The van der Waals surface area contributed by atoms with Gasteiger partial charge >= 0.3 is 104 Å². The summed E-state index contributed by atoms with van der Waals surface area (Å²) in [7, 11) is 0. The summed E-state index contributed by atoms with van der Waals surface area (Å²) in [5.41, 5.74) is 0. The van der Waals surface area contributed by atoms with Crippen LogP contribution in [0.5, 0.6) is 0 Å². The second-order valence-electron chi connectivity index (χ2n) is 5.12. The van der Waals surface area contributed by atoms with Gasteiger partial charge in [-0.15, -0.1) is 0 Å². The fraction of sp³-hybridized carbons (Fsp3) is 1.00. The molecule has 0 amide bonds. The molecule has 0 unspecified atom stereocenters. The number of hydrogen-bond donors (Lipinski definition) is 0. The molecular weight excluding hydrogens is 275 g/mol. The van der Waals surface area contributed by atoms with Gasteiger partial charge in [-0.3, -0.25) is 0 Å². The van der Waals surface area contributed by atoms with E-state index in [0.29, 0.717) is 0 Å². The molecule has 0 fully saturated rings. The fourth-order valence-corrected chi connectivity index (χ4v) is 11.0. The topological polar surface area (TPSA) is 0 Å². The molecule has 14 heavy (non-hydrogen) atoms. The van der Waals surface area contributed by atoms with Crippen molar-refractivity contribution in [2.75, 3.05) is 0 Å². The Morgan fingerprint density at radius 3 is 0.571 bits per heavy atom. The first kappa shape index (κ1) is 17.6. The quantitative estimate of drug-likeness (QED) is 0.541. The van der Waals surface area contributed by atoms with Gasteiger partial charge in [0.15, 0.2) is 0 Å². The Hall–Kier alpha value is 1.25. The van der Waals surface area contributed by atoms with Crippen molar-refractivity contribution < 1.29 is 31.9 Å². The zero-order valence-corrected chi connectivity index (χ0v) is 17.6. The average molecular weight is 305 g/mol. The van der Waals surface area contributed by atoms with Crippen molar-refractivity contribution in [3.05, 3.63) is 0 Å². The summed E-state index contributed by atoms with van der Waals surface area (Å²) >= 11 is -1.50. The van der Waals surface area contributed by atoms with Gasteiger partial charge in [-0.25, -0.2) is 0 Å². The molecule has 0 aliphatic heterocycles. The van der Waals surface area contributed by atoms with E-state index in [2.05, 4.69) is 41.5 Å². The SMILES string of the molecule is C[CH2][Zn]([CH2]C)[CH2]C.C[CH2][Zn]([CH2]C)[CH2]C. The van der Waals surface area contributed by atoms with Gasteiger partial charge in [-0.1, -0.05) is 0 Å². The molecule has 0 radical (unpaired) electrons. The third kappa shape index (κ3) is 11.3. The number of hydrogen-bond acceptors (Lipinski definition) is 0. The zero-order valence-electron chi connectivity index (χ0n) is 11.7. The van der Waals surface area contributed by atoms with Gasteiger partial charge in [0.25, 0.3) is 0 Å². The van der Waals surface area contributed by atoms with Crippen LogP contribution < -0.4 is 0 Å². The predicted molar refractivity (Wildman–Crippen MR) is 62.9 cm³/mol. The van der Waals surface area contributed by atoms with Crippen LogP contribution in [0.2, 0.25) is 30.1 Å². The molecule has 0 N–H and O–H groups in total. The van der Waals surface area contributed by atoms with E-state index in [1.54, 1.807) is 30.1 Å². The molecule has 0 aliphatic rings. The zero-order chi connectivity index (χ0) is 11.4. The van der Waals surface area contributed by atoms with Crippen LogP contribution in [0.3, 0.4) is 0 Å². The van der Waals surface area contributed by atoms with Crippen molar-refractivity contribution in [3.63, 3.8) is 0 Å². The van der Waals surface area contributed by atoms with Crippen molar-refractivity contribution in [1.29, 1.82) is 0 Å². The van der Waals surface area contributed by atoms with Gasteiger partial charge in [0, 0.05) is 0 Å². The Labute approximate surface area is 103 Å². The molecule has 82 valence electrons. The monoisotopic (exact) mass is 302 g/mol. The molecule has 0 spiro atoms. The minimum atomic E-state index is -0.750. The summed E-state index contributed by atoms with van der Waals surface area (Å²) in [6, 6.07) is 0. The molecule has 0 aromatic carbocycles. The molecule has 0 atom stereocenters. The maximum atomic E-state index is 2.35. The van der Waals surface area contributed by atoms with E-state index in [1.165, 1.54) is 0 Å². The molecule has 0 saturated carbocycles. The summed E-state index contributed by atoms with van der Waals surface area (Å²) in [5, 5.41) is 9.38. The summed E-state index contributed by atoms with van der Waals surface area (Å²) < 4.78 is 0. The van der Waals surface area contributed by atoms with Gasteiger partial charge in [-0.05, 0) is 0 Å². The second kappa shape index (κ2) is 14.2. The van der Waals surface area contributed by atoms with Gasteiger partial charge < -0.3 is 0 Å². The Morgan fingerprint density at radius 1 is 0.429 bits per heavy atom. The molecule has 0 aliphatic carbocycles. The molecular formula is C12H30Zn2. The molecule has 0 rings (SSSR count). The van der Waals surface area contributed by atoms with Crippen LogP contribution in [0.15, 0.2) is 0 Å². The number of rotatable bonds is 6. The predicted octanol–water partition coefficient (Wildman–Crippen LogP) is 5.84. The van der Waals surface area contributed by atoms with Crippen molar-refractivity contribution >= 4 is 0 Å². The Morgan fingerprint density at radius 2 is 0.571 bits per heavy atom. The standard InChI is InChI=1S/6C2H5.2Zn/c6*1-2;;/h6*1H2,2H3;;. The van der Waals surface area contributed by atoms with E-state index < -0.39 is 31.9 Å². The van der Waals surface area contributed by atoms with Crippen LogP contribution in [0.1, 0.15) is 41.5 Å². The molecule has 0 bridgehead atoms. The maximum absolute atomic E-state index is 2.35. The molecule has 0 aromatic rings. The molecule has 0 aromatic heterocycles. The summed E-state index contributed by atoms with van der Waals surface area (Å²) in [5.74, 6) is 0. The third-order valence-electron chi connectivity index (χ3n) is 4.24. The van der Waals surface area contributed by atoms with Crippen molar-refractivity contribution in [1.82, 2.24) is 0 Å². The molecule has 0 nitrogen and oxygen atoms in total. The average Bonchev–Trinajstić information content (AvgIpc) is 2.24. The Balaban J connectivity index is 0. The van der Waals surface area contributed by atoms with E-state index in [4.69, 9.17) is 0 Å². The van der Waals surface area contributed by atoms with Crippen LogP contribution in [0, 0.1) is 0 Å². The Kier molecular flexibility index (Phi) is 17.9. The van der Waals surface area contributed by atoms with E-state index in [-0.39, 0.29) is 0 Å². The van der Waals surface area contributed by atoms with E-state index in [0.717, 1.165) is 0 Å². The van der Waals surface area contributed by atoms with Gasteiger partial charge in [0.2, 0.25) is 0 Å².